The third-order valence-corrected chi connectivity index (χ3v) is 3.45. The summed E-state index contributed by atoms with van der Waals surface area (Å²) in [7, 11) is 0. The Morgan fingerprint density at radius 1 is 1.47 bits per heavy atom. The minimum atomic E-state index is 0.298. The van der Waals surface area contributed by atoms with E-state index in [4.69, 9.17) is 10.5 Å². The molecule has 5 nitrogen and oxygen atoms in total. The summed E-state index contributed by atoms with van der Waals surface area (Å²) in [6.07, 6.45) is 2.96. The molecule has 1 aliphatic heterocycles. The number of hydrogen-bond acceptors (Lipinski definition) is 5. The van der Waals surface area contributed by atoms with Crippen LogP contribution >= 0.6 is 0 Å². The smallest absolute Gasteiger partial charge is 0.229 e. The number of ether oxygens (including phenoxy) is 1. The van der Waals surface area contributed by atoms with Gasteiger partial charge in [-0.05, 0) is 33.1 Å². The van der Waals surface area contributed by atoms with E-state index in [1.165, 1.54) is 0 Å². The monoisotopic (exact) mass is 264 g/mol. The molecule has 2 atom stereocenters. The van der Waals surface area contributed by atoms with E-state index in [1.807, 2.05) is 13.0 Å². The molecule has 106 valence electrons. The summed E-state index contributed by atoms with van der Waals surface area (Å²) in [5.74, 6) is 1.44. The van der Waals surface area contributed by atoms with Gasteiger partial charge in [0.2, 0.25) is 11.8 Å². The van der Waals surface area contributed by atoms with Gasteiger partial charge in [-0.2, -0.15) is 4.98 Å². The Balaban J connectivity index is 2.16. The zero-order valence-electron chi connectivity index (χ0n) is 12.1. The highest BCUT2D eigenvalue weighted by Gasteiger charge is 2.25. The van der Waals surface area contributed by atoms with Gasteiger partial charge in [-0.3, -0.25) is 0 Å². The maximum absolute atomic E-state index is 6.00. The fourth-order valence-electron chi connectivity index (χ4n) is 2.44. The van der Waals surface area contributed by atoms with Gasteiger partial charge in [-0.15, -0.1) is 0 Å². The third-order valence-electron chi connectivity index (χ3n) is 3.45. The van der Waals surface area contributed by atoms with Crippen molar-refractivity contribution in [1.82, 2.24) is 9.97 Å². The first-order valence-electron chi connectivity index (χ1n) is 7.11. The molecule has 1 aliphatic rings. The molecule has 2 N–H and O–H groups in total. The Bertz CT molecular complexity index is 424. The Morgan fingerprint density at radius 2 is 2.26 bits per heavy atom. The van der Waals surface area contributed by atoms with Gasteiger partial charge < -0.3 is 15.4 Å². The van der Waals surface area contributed by atoms with Crippen molar-refractivity contribution >= 4 is 5.95 Å². The molecule has 2 unspecified atom stereocenters. The first-order valence-corrected chi connectivity index (χ1v) is 7.11. The molecule has 2 heterocycles. The maximum atomic E-state index is 6.00. The Labute approximate surface area is 115 Å². The third kappa shape index (κ3) is 3.56. The van der Waals surface area contributed by atoms with Crippen molar-refractivity contribution in [1.29, 1.82) is 0 Å². The van der Waals surface area contributed by atoms with Crippen molar-refractivity contribution < 1.29 is 4.74 Å². The molecule has 0 aliphatic carbocycles. The molecule has 1 aromatic rings. The van der Waals surface area contributed by atoms with Crippen LogP contribution in [0, 0.1) is 6.92 Å². The van der Waals surface area contributed by atoms with Crippen LogP contribution in [0.4, 0.5) is 5.95 Å². The fourth-order valence-corrected chi connectivity index (χ4v) is 2.44. The van der Waals surface area contributed by atoms with Crippen molar-refractivity contribution in [2.75, 3.05) is 18.1 Å². The van der Waals surface area contributed by atoms with Crippen molar-refractivity contribution in [2.24, 2.45) is 5.73 Å². The number of hydrogen-bond donors (Lipinski definition) is 1. The van der Waals surface area contributed by atoms with Gasteiger partial charge in [0.15, 0.2) is 0 Å². The first kappa shape index (κ1) is 14.1. The second-order valence-electron chi connectivity index (χ2n) is 5.32. The zero-order chi connectivity index (χ0) is 13.8. The van der Waals surface area contributed by atoms with E-state index in [9.17, 15) is 0 Å². The highest BCUT2D eigenvalue weighted by atomic mass is 16.5. The summed E-state index contributed by atoms with van der Waals surface area (Å²) >= 11 is 0. The van der Waals surface area contributed by atoms with Gasteiger partial charge in [-0.1, -0.05) is 6.92 Å². The second-order valence-corrected chi connectivity index (χ2v) is 5.32. The van der Waals surface area contributed by atoms with E-state index in [-0.39, 0.29) is 0 Å². The molecule has 1 saturated heterocycles. The molecule has 0 saturated carbocycles. The molecule has 0 aromatic carbocycles. The summed E-state index contributed by atoms with van der Waals surface area (Å²) in [6, 6.07) is 2.57. The summed E-state index contributed by atoms with van der Waals surface area (Å²) in [5.41, 5.74) is 6.94. The standard InChI is InChI=1S/C14H24N4O/c1-4-7-19-13-8-10(2)16-14(17-13)18-6-5-12(15)9-11(18)3/h8,11-12H,4-7,9,15H2,1-3H3. The molecule has 2 rings (SSSR count). The van der Waals surface area contributed by atoms with E-state index in [0.29, 0.717) is 24.6 Å². The molecular weight excluding hydrogens is 240 g/mol. The number of piperidine rings is 1. The number of nitrogens with two attached hydrogens (primary N) is 1. The second kappa shape index (κ2) is 6.19. The van der Waals surface area contributed by atoms with E-state index >= 15 is 0 Å². The van der Waals surface area contributed by atoms with Gasteiger partial charge in [0, 0.05) is 30.4 Å². The molecule has 0 amide bonds. The van der Waals surface area contributed by atoms with Crippen LogP contribution in [0.15, 0.2) is 6.07 Å². The predicted molar refractivity (Wildman–Crippen MR) is 76.6 cm³/mol. The molecule has 1 aromatic heterocycles. The maximum Gasteiger partial charge on any atom is 0.229 e. The van der Waals surface area contributed by atoms with Gasteiger partial charge in [0.05, 0.1) is 6.61 Å². The van der Waals surface area contributed by atoms with Crippen LogP contribution in [0.25, 0.3) is 0 Å². The average Bonchev–Trinajstić information content (AvgIpc) is 2.35. The summed E-state index contributed by atoms with van der Waals surface area (Å²) in [5, 5.41) is 0. The van der Waals surface area contributed by atoms with E-state index in [2.05, 4.69) is 28.7 Å². The average molecular weight is 264 g/mol. The normalized spacial score (nSPS) is 23.5. The van der Waals surface area contributed by atoms with Crippen LogP contribution in [0.5, 0.6) is 5.88 Å². The van der Waals surface area contributed by atoms with Gasteiger partial charge in [0.25, 0.3) is 0 Å². The van der Waals surface area contributed by atoms with Gasteiger partial charge in [-0.25, -0.2) is 4.98 Å². The number of nitrogens with zero attached hydrogens (tertiary/aromatic N) is 3. The van der Waals surface area contributed by atoms with E-state index < -0.39 is 0 Å². The molecule has 0 bridgehead atoms. The molecule has 5 heteroatoms. The quantitative estimate of drug-likeness (QED) is 0.899. The lowest BCUT2D eigenvalue weighted by Gasteiger charge is -2.36. The van der Waals surface area contributed by atoms with Crippen molar-refractivity contribution in [3.8, 4) is 5.88 Å². The highest BCUT2D eigenvalue weighted by Crippen LogP contribution is 2.23. The van der Waals surface area contributed by atoms with Crippen LogP contribution in [0.1, 0.15) is 38.8 Å². The van der Waals surface area contributed by atoms with Crippen LogP contribution in [-0.2, 0) is 0 Å². The summed E-state index contributed by atoms with van der Waals surface area (Å²) in [4.78, 5) is 11.3. The van der Waals surface area contributed by atoms with E-state index in [0.717, 1.165) is 37.4 Å². The molecule has 19 heavy (non-hydrogen) atoms. The minimum absolute atomic E-state index is 0.298. The predicted octanol–water partition coefficient (Wildman–Crippen LogP) is 1.89. The van der Waals surface area contributed by atoms with Crippen molar-refractivity contribution in [2.45, 2.75) is 52.1 Å². The highest BCUT2D eigenvalue weighted by molar-refractivity contribution is 5.36. The SMILES string of the molecule is CCCOc1cc(C)nc(N2CCC(N)CC2C)n1. The number of rotatable bonds is 4. The van der Waals surface area contributed by atoms with Crippen LogP contribution < -0.4 is 15.4 Å². The number of aryl methyl sites for hydroxylation is 1. The lowest BCUT2D eigenvalue weighted by Crippen LogP contribution is -2.46. The molecule has 0 spiro atoms. The molecule has 1 fully saturated rings. The summed E-state index contributed by atoms with van der Waals surface area (Å²) in [6.45, 7) is 7.85. The van der Waals surface area contributed by atoms with Crippen LogP contribution in [0.2, 0.25) is 0 Å². The van der Waals surface area contributed by atoms with Gasteiger partial charge >= 0.3 is 0 Å². The molecule has 0 radical (unpaired) electrons. The Hall–Kier alpha value is -1.36. The van der Waals surface area contributed by atoms with Crippen LogP contribution in [-0.4, -0.2) is 35.2 Å². The number of anilines is 1. The largest absolute Gasteiger partial charge is 0.478 e. The van der Waals surface area contributed by atoms with E-state index in [1.54, 1.807) is 0 Å². The Morgan fingerprint density at radius 3 is 2.95 bits per heavy atom. The Kier molecular flexibility index (Phi) is 4.58. The topological polar surface area (TPSA) is 64.3 Å². The number of aromatic nitrogens is 2. The fraction of sp³-hybridized carbons (Fsp3) is 0.714. The summed E-state index contributed by atoms with van der Waals surface area (Å²) < 4.78 is 5.62. The molecular formula is C14H24N4O. The zero-order valence-corrected chi connectivity index (χ0v) is 12.1. The van der Waals surface area contributed by atoms with Crippen LogP contribution in [0.3, 0.4) is 0 Å². The minimum Gasteiger partial charge on any atom is -0.478 e. The van der Waals surface area contributed by atoms with Crippen molar-refractivity contribution in [3.63, 3.8) is 0 Å². The first-order chi connectivity index (χ1) is 9.10. The van der Waals surface area contributed by atoms with Gasteiger partial charge in [0.1, 0.15) is 0 Å². The lowest BCUT2D eigenvalue weighted by atomic mass is 10.00. The lowest BCUT2D eigenvalue weighted by molar-refractivity contribution is 0.303. The van der Waals surface area contributed by atoms with Crippen molar-refractivity contribution in [3.05, 3.63) is 11.8 Å².